The van der Waals surface area contributed by atoms with Gasteiger partial charge in [0.2, 0.25) is 15.9 Å². The summed E-state index contributed by atoms with van der Waals surface area (Å²) in [4.78, 5) is 12.8. The number of carbonyl (C=O) groups is 1. The molecular formula is C23H30N2O5S. The maximum Gasteiger partial charge on any atom is 0.243 e. The van der Waals surface area contributed by atoms with E-state index in [1.165, 1.54) is 11.4 Å². The molecule has 0 atom stereocenters. The largest absolute Gasteiger partial charge is 0.496 e. The summed E-state index contributed by atoms with van der Waals surface area (Å²) in [5, 5.41) is 2.88. The fraction of sp³-hybridized carbons (Fsp3) is 0.435. The number of nitrogens with one attached hydrogen (secondary N) is 1. The molecule has 1 aliphatic heterocycles. The summed E-state index contributed by atoms with van der Waals surface area (Å²) in [6.45, 7) is 4.94. The van der Waals surface area contributed by atoms with Crippen molar-refractivity contribution in [2.24, 2.45) is 0 Å². The molecule has 1 N–H and O–H groups in total. The fourth-order valence-corrected chi connectivity index (χ4v) is 5.14. The number of aryl methyl sites for hydroxylation is 1. The van der Waals surface area contributed by atoms with Gasteiger partial charge in [-0.05, 0) is 69.0 Å². The minimum atomic E-state index is -3.53. The number of para-hydroxylation sites is 2. The lowest BCUT2D eigenvalue weighted by Gasteiger charge is -2.17. The molecule has 0 aromatic heterocycles. The van der Waals surface area contributed by atoms with Crippen LogP contribution < -0.4 is 14.8 Å². The highest BCUT2D eigenvalue weighted by atomic mass is 32.2. The van der Waals surface area contributed by atoms with Crippen molar-refractivity contribution in [2.75, 3.05) is 25.5 Å². The van der Waals surface area contributed by atoms with Crippen molar-refractivity contribution in [3.05, 3.63) is 48.0 Å². The van der Waals surface area contributed by atoms with Crippen LogP contribution in [0.3, 0.4) is 0 Å². The number of hydrogen-bond acceptors (Lipinski definition) is 5. The van der Waals surface area contributed by atoms with Crippen LogP contribution in [0.25, 0.3) is 0 Å². The molecule has 0 bridgehead atoms. The zero-order chi connectivity index (χ0) is 22.4. The molecule has 31 heavy (non-hydrogen) atoms. The van der Waals surface area contributed by atoms with Crippen LogP contribution in [-0.2, 0) is 21.2 Å². The molecule has 0 saturated carbocycles. The highest BCUT2D eigenvalue weighted by Gasteiger charge is 2.27. The second-order valence-electron chi connectivity index (χ2n) is 7.80. The molecule has 168 valence electrons. The Morgan fingerprint density at radius 3 is 2.48 bits per heavy atom. The first-order valence-electron chi connectivity index (χ1n) is 10.5. The summed E-state index contributed by atoms with van der Waals surface area (Å²) in [7, 11) is -2.00. The Hall–Kier alpha value is -2.58. The van der Waals surface area contributed by atoms with Crippen LogP contribution in [0.4, 0.5) is 5.69 Å². The van der Waals surface area contributed by atoms with Crippen molar-refractivity contribution in [2.45, 2.75) is 50.5 Å². The Labute approximate surface area is 184 Å². The minimum absolute atomic E-state index is 0.0115. The van der Waals surface area contributed by atoms with Crippen LogP contribution in [0, 0.1) is 0 Å². The zero-order valence-electron chi connectivity index (χ0n) is 18.3. The molecule has 3 rings (SSSR count). The van der Waals surface area contributed by atoms with Crippen LogP contribution in [0.1, 0.15) is 38.7 Å². The average molecular weight is 447 g/mol. The Morgan fingerprint density at radius 2 is 1.81 bits per heavy atom. The number of nitrogens with zero attached hydrogens (tertiary/aromatic N) is 1. The van der Waals surface area contributed by atoms with Crippen molar-refractivity contribution >= 4 is 21.6 Å². The van der Waals surface area contributed by atoms with Gasteiger partial charge >= 0.3 is 0 Å². The molecule has 1 amide bonds. The Kier molecular flexibility index (Phi) is 7.56. The monoisotopic (exact) mass is 446 g/mol. The molecule has 1 saturated heterocycles. The molecule has 0 radical (unpaired) electrons. The Morgan fingerprint density at radius 1 is 1.10 bits per heavy atom. The molecule has 2 aromatic carbocycles. The van der Waals surface area contributed by atoms with E-state index in [9.17, 15) is 13.2 Å². The van der Waals surface area contributed by atoms with E-state index in [-0.39, 0.29) is 23.3 Å². The first-order chi connectivity index (χ1) is 14.8. The second kappa shape index (κ2) is 10.2. The molecule has 8 heteroatoms. The van der Waals surface area contributed by atoms with Gasteiger partial charge in [-0.15, -0.1) is 0 Å². The number of rotatable bonds is 9. The first-order valence-corrected chi connectivity index (χ1v) is 12.0. The van der Waals surface area contributed by atoms with E-state index < -0.39 is 10.0 Å². The van der Waals surface area contributed by atoms with Crippen LogP contribution in [0.15, 0.2) is 47.4 Å². The lowest BCUT2D eigenvalue weighted by Crippen LogP contribution is -2.28. The topological polar surface area (TPSA) is 84.9 Å². The molecule has 1 heterocycles. The van der Waals surface area contributed by atoms with Crippen molar-refractivity contribution in [3.63, 3.8) is 0 Å². The highest BCUT2D eigenvalue weighted by molar-refractivity contribution is 7.89. The average Bonchev–Trinajstić information content (AvgIpc) is 3.29. The molecule has 0 spiro atoms. The van der Waals surface area contributed by atoms with E-state index in [0.717, 1.165) is 12.8 Å². The Bertz CT molecular complexity index is 1010. The molecule has 0 aliphatic carbocycles. The third-order valence-corrected chi connectivity index (χ3v) is 6.99. The Balaban J connectivity index is 1.72. The first kappa shape index (κ1) is 23.1. The van der Waals surface area contributed by atoms with Gasteiger partial charge in [0.1, 0.15) is 11.5 Å². The lowest BCUT2D eigenvalue weighted by molar-refractivity contribution is -0.116. The maximum absolute atomic E-state index is 12.9. The van der Waals surface area contributed by atoms with Gasteiger partial charge in [-0.1, -0.05) is 12.1 Å². The molecule has 7 nitrogen and oxygen atoms in total. The third-order valence-electron chi connectivity index (χ3n) is 5.10. The van der Waals surface area contributed by atoms with Gasteiger partial charge in [0.15, 0.2) is 0 Å². The maximum atomic E-state index is 12.9. The van der Waals surface area contributed by atoms with Gasteiger partial charge in [0.05, 0.1) is 23.8 Å². The van der Waals surface area contributed by atoms with E-state index in [4.69, 9.17) is 9.47 Å². The lowest BCUT2D eigenvalue weighted by atomic mass is 10.1. The summed E-state index contributed by atoms with van der Waals surface area (Å²) in [6.07, 6.45) is 2.28. The SMILES string of the molecule is COc1ccc(S(=O)(=O)N2CCCC2)cc1CCC(=O)Nc1ccccc1OC(C)C. The third kappa shape index (κ3) is 5.77. The number of carbonyl (C=O) groups excluding carboxylic acids is 1. The second-order valence-corrected chi connectivity index (χ2v) is 9.73. The molecular weight excluding hydrogens is 416 g/mol. The van der Waals surface area contributed by atoms with E-state index >= 15 is 0 Å². The van der Waals surface area contributed by atoms with Crippen molar-refractivity contribution in [3.8, 4) is 11.5 Å². The number of ether oxygens (including phenoxy) is 2. The van der Waals surface area contributed by atoms with Gasteiger partial charge in [-0.3, -0.25) is 4.79 Å². The van der Waals surface area contributed by atoms with E-state index in [2.05, 4.69) is 5.32 Å². The van der Waals surface area contributed by atoms with Crippen molar-refractivity contribution in [1.29, 1.82) is 0 Å². The quantitative estimate of drug-likeness (QED) is 0.633. The number of anilines is 1. The van der Waals surface area contributed by atoms with Crippen LogP contribution >= 0.6 is 0 Å². The summed E-state index contributed by atoms with van der Waals surface area (Å²) in [6, 6.07) is 12.1. The fourth-order valence-electron chi connectivity index (χ4n) is 3.58. The molecule has 1 aliphatic rings. The summed E-state index contributed by atoms with van der Waals surface area (Å²) in [5.74, 6) is 0.994. The zero-order valence-corrected chi connectivity index (χ0v) is 19.1. The summed E-state index contributed by atoms with van der Waals surface area (Å²) in [5.41, 5.74) is 1.29. The van der Waals surface area contributed by atoms with Gasteiger partial charge < -0.3 is 14.8 Å². The smallest absolute Gasteiger partial charge is 0.243 e. The molecule has 2 aromatic rings. The number of hydrogen-bond donors (Lipinski definition) is 1. The van der Waals surface area contributed by atoms with Gasteiger partial charge in [-0.25, -0.2) is 8.42 Å². The number of methoxy groups -OCH3 is 1. The number of sulfonamides is 1. The summed E-state index contributed by atoms with van der Waals surface area (Å²) < 4.78 is 38.4. The van der Waals surface area contributed by atoms with E-state index in [1.807, 2.05) is 32.0 Å². The van der Waals surface area contributed by atoms with Crippen LogP contribution in [-0.4, -0.2) is 44.9 Å². The minimum Gasteiger partial charge on any atom is -0.496 e. The van der Waals surface area contributed by atoms with Gasteiger partial charge in [-0.2, -0.15) is 4.31 Å². The normalized spacial score (nSPS) is 14.6. The molecule has 1 fully saturated rings. The number of amides is 1. The molecule has 0 unspecified atom stereocenters. The summed E-state index contributed by atoms with van der Waals surface area (Å²) >= 11 is 0. The van der Waals surface area contributed by atoms with Crippen molar-refractivity contribution in [1.82, 2.24) is 4.31 Å². The van der Waals surface area contributed by atoms with E-state index in [1.54, 1.807) is 24.3 Å². The highest BCUT2D eigenvalue weighted by Crippen LogP contribution is 2.28. The predicted octanol–water partition coefficient (Wildman–Crippen LogP) is 3.84. The van der Waals surface area contributed by atoms with Crippen LogP contribution in [0.2, 0.25) is 0 Å². The van der Waals surface area contributed by atoms with Gasteiger partial charge in [0, 0.05) is 19.5 Å². The predicted molar refractivity (Wildman–Crippen MR) is 120 cm³/mol. The standard InChI is InChI=1S/C23H30N2O5S/c1-17(2)30-22-9-5-4-8-20(22)24-23(26)13-10-18-16-19(11-12-21(18)29-3)31(27,28)25-14-6-7-15-25/h4-5,8-9,11-12,16-17H,6-7,10,13-15H2,1-3H3,(H,24,26). The van der Waals surface area contributed by atoms with E-state index in [0.29, 0.717) is 42.3 Å². The number of benzene rings is 2. The van der Waals surface area contributed by atoms with Crippen LogP contribution in [0.5, 0.6) is 11.5 Å². The van der Waals surface area contributed by atoms with Crippen molar-refractivity contribution < 1.29 is 22.7 Å². The van der Waals surface area contributed by atoms with Gasteiger partial charge in [0.25, 0.3) is 0 Å².